The van der Waals surface area contributed by atoms with Crippen LogP contribution in [0, 0.1) is 5.92 Å². The molecule has 3 nitrogen and oxygen atoms in total. The molecule has 0 aliphatic rings. The van der Waals surface area contributed by atoms with Gasteiger partial charge in [0.05, 0.1) is 6.42 Å². The third-order valence-electron chi connectivity index (χ3n) is 2.25. The lowest BCUT2D eigenvalue weighted by molar-refractivity contribution is -0.120. The molecular formula is C12H16BrNO2. The Hall–Kier alpha value is -1.03. The van der Waals surface area contributed by atoms with Crippen molar-refractivity contribution in [1.82, 2.24) is 5.32 Å². The van der Waals surface area contributed by atoms with Crippen molar-refractivity contribution in [3.05, 3.63) is 29.8 Å². The first-order valence-electron chi connectivity index (χ1n) is 5.23. The van der Waals surface area contributed by atoms with Crippen molar-refractivity contribution in [3.8, 4) is 5.75 Å². The van der Waals surface area contributed by atoms with E-state index in [1.165, 1.54) is 0 Å². The van der Waals surface area contributed by atoms with Gasteiger partial charge in [-0.1, -0.05) is 41.1 Å². The van der Waals surface area contributed by atoms with Gasteiger partial charge in [-0.3, -0.25) is 4.79 Å². The predicted octanol–water partition coefficient (Wildman–Crippen LogP) is 2.08. The van der Waals surface area contributed by atoms with Crippen LogP contribution >= 0.6 is 15.9 Å². The number of amides is 1. The maximum atomic E-state index is 11.5. The Morgan fingerprint density at radius 2 is 2.19 bits per heavy atom. The molecule has 2 N–H and O–H groups in total. The van der Waals surface area contributed by atoms with Gasteiger partial charge >= 0.3 is 0 Å². The summed E-state index contributed by atoms with van der Waals surface area (Å²) in [4.78, 5) is 11.5. The summed E-state index contributed by atoms with van der Waals surface area (Å²) in [6.45, 7) is 2.70. The van der Waals surface area contributed by atoms with Crippen molar-refractivity contribution in [2.45, 2.75) is 13.3 Å². The zero-order valence-electron chi connectivity index (χ0n) is 9.24. The molecule has 0 fully saturated rings. The van der Waals surface area contributed by atoms with Crippen LogP contribution in [0.15, 0.2) is 24.3 Å². The summed E-state index contributed by atoms with van der Waals surface area (Å²) in [5, 5.41) is 13.2. The van der Waals surface area contributed by atoms with Gasteiger partial charge in [0.15, 0.2) is 0 Å². The fourth-order valence-corrected chi connectivity index (χ4v) is 1.47. The highest BCUT2D eigenvalue weighted by Crippen LogP contribution is 2.15. The van der Waals surface area contributed by atoms with E-state index in [1.807, 2.05) is 6.07 Å². The third kappa shape index (κ3) is 4.23. The van der Waals surface area contributed by atoms with Crippen molar-refractivity contribution in [2.24, 2.45) is 5.92 Å². The minimum Gasteiger partial charge on any atom is -0.508 e. The van der Waals surface area contributed by atoms with Gasteiger partial charge in [0.2, 0.25) is 5.91 Å². The van der Waals surface area contributed by atoms with Crippen LogP contribution in [0.1, 0.15) is 12.5 Å². The van der Waals surface area contributed by atoms with Crippen LogP contribution in [-0.2, 0) is 11.2 Å². The maximum absolute atomic E-state index is 11.5. The van der Waals surface area contributed by atoms with Crippen LogP contribution in [-0.4, -0.2) is 22.9 Å². The molecule has 1 aromatic carbocycles. The van der Waals surface area contributed by atoms with Crippen molar-refractivity contribution in [2.75, 3.05) is 11.9 Å². The minimum absolute atomic E-state index is 0.0608. The number of para-hydroxylation sites is 1. The highest BCUT2D eigenvalue weighted by molar-refractivity contribution is 9.09. The maximum Gasteiger partial charge on any atom is 0.224 e. The number of phenolic OH excluding ortho intramolecular Hbond substituents is 1. The summed E-state index contributed by atoms with van der Waals surface area (Å²) in [6.07, 6.45) is 0.224. The molecule has 16 heavy (non-hydrogen) atoms. The van der Waals surface area contributed by atoms with Gasteiger partial charge in [0, 0.05) is 17.4 Å². The first-order valence-corrected chi connectivity index (χ1v) is 6.35. The van der Waals surface area contributed by atoms with Gasteiger partial charge in [0.25, 0.3) is 0 Å². The molecule has 0 saturated heterocycles. The molecule has 4 heteroatoms. The van der Waals surface area contributed by atoms with Crippen LogP contribution in [0.5, 0.6) is 5.75 Å². The van der Waals surface area contributed by atoms with E-state index >= 15 is 0 Å². The molecule has 0 aliphatic heterocycles. The number of carbonyl (C=O) groups is 1. The van der Waals surface area contributed by atoms with E-state index in [0.29, 0.717) is 18.0 Å². The molecule has 1 aromatic rings. The minimum atomic E-state index is -0.0608. The Morgan fingerprint density at radius 3 is 2.81 bits per heavy atom. The third-order valence-corrected chi connectivity index (χ3v) is 3.36. The molecule has 0 saturated carbocycles. The molecular weight excluding hydrogens is 270 g/mol. The summed E-state index contributed by atoms with van der Waals surface area (Å²) in [7, 11) is 0. The van der Waals surface area contributed by atoms with Gasteiger partial charge in [-0.15, -0.1) is 0 Å². The van der Waals surface area contributed by atoms with Gasteiger partial charge in [-0.25, -0.2) is 0 Å². The molecule has 1 rings (SSSR count). The summed E-state index contributed by atoms with van der Waals surface area (Å²) in [6, 6.07) is 6.89. The number of benzene rings is 1. The zero-order chi connectivity index (χ0) is 12.0. The number of aromatic hydroxyl groups is 1. The molecule has 1 amide bonds. The van der Waals surface area contributed by atoms with Gasteiger partial charge in [-0.05, 0) is 12.0 Å². The second-order valence-electron chi connectivity index (χ2n) is 3.87. The smallest absolute Gasteiger partial charge is 0.224 e. The lowest BCUT2D eigenvalue weighted by Crippen LogP contribution is -2.30. The first-order chi connectivity index (χ1) is 7.63. The molecule has 0 radical (unpaired) electrons. The van der Waals surface area contributed by atoms with Crippen LogP contribution in [0.4, 0.5) is 0 Å². The van der Waals surface area contributed by atoms with E-state index in [1.54, 1.807) is 18.2 Å². The Bertz CT molecular complexity index is 355. The molecule has 88 valence electrons. The molecule has 0 heterocycles. The summed E-state index contributed by atoms with van der Waals surface area (Å²) < 4.78 is 0. The van der Waals surface area contributed by atoms with E-state index in [2.05, 4.69) is 28.2 Å². The van der Waals surface area contributed by atoms with Gasteiger partial charge in [-0.2, -0.15) is 0 Å². The quantitative estimate of drug-likeness (QED) is 0.814. The monoisotopic (exact) mass is 285 g/mol. The van der Waals surface area contributed by atoms with Gasteiger partial charge in [0.1, 0.15) is 5.75 Å². The van der Waals surface area contributed by atoms with Crippen molar-refractivity contribution < 1.29 is 9.90 Å². The Morgan fingerprint density at radius 1 is 1.50 bits per heavy atom. The number of hydrogen-bond donors (Lipinski definition) is 2. The number of alkyl halides is 1. The normalized spacial score (nSPS) is 12.1. The van der Waals surface area contributed by atoms with Crippen molar-refractivity contribution >= 4 is 21.8 Å². The second-order valence-corrected chi connectivity index (χ2v) is 4.52. The average Bonchev–Trinajstić information content (AvgIpc) is 2.29. The molecule has 0 aliphatic carbocycles. The van der Waals surface area contributed by atoms with E-state index in [0.717, 1.165) is 5.33 Å². The van der Waals surface area contributed by atoms with E-state index in [-0.39, 0.29) is 18.1 Å². The largest absolute Gasteiger partial charge is 0.508 e. The SMILES string of the molecule is CC(CBr)CNC(=O)Cc1ccccc1O. The predicted molar refractivity (Wildman–Crippen MR) is 67.8 cm³/mol. The number of carbonyl (C=O) groups excluding carboxylic acids is 1. The van der Waals surface area contributed by atoms with Crippen LogP contribution < -0.4 is 5.32 Å². The molecule has 1 unspecified atom stereocenters. The molecule has 1 atom stereocenters. The van der Waals surface area contributed by atoms with Crippen LogP contribution in [0.3, 0.4) is 0 Å². The van der Waals surface area contributed by atoms with Crippen LogP contribution in [0.2, 0.25) is 0 Å². The molecule has 0 aromatic heterocycles. The zero-order valence-corrected chi connectivity index (χ0v) is 10.8. The molecule has 0 bridgehead atoms. The molecule has 0 spiro atoms. The number of nitrogens with one attached hydrogen (secondary N) is 1. The van der Waals surface area contributed by atoms with E-state index < -0.39 is 0 Å². The first kappa shape index (κ1) is 13.0. The second kappa shape index (κ2) is 6.53. The fraction of sp³-hybridized carbons (Fsp3) is 0.417. The Balaban J connectivity index is 2.43. The Kier molecular flexibility index (Phi) is 5.32. The standard InChI is InChI=1S/C12H16BrNO2/c1-9(7-13)8-14-12(16)6-10-4-2-3-5-11(10)15/h2-5,9,15H,6-8H2,1H3,(H,14,16). The summed E-state index contributed by atoms with van der Waals surface area (Å²) >= 11 is 3.35. The number of hydrogen-bond acceptors (Lipinski definition) is 2. The van der Waals surface area contributed by atoms with Crippen LogP contribution in [0.25, 0.3) is 0 Å². The highest BCUT2D eigenvalue weighted by Gasteiger charge is 2.07. The summed E-state index contributed by atoms with van der Waals surface area (Å²) in [5.41, 5.74) is 0.659. The topological polar surface area (TPSA) is 49.3 Å². The number of halogens is 1. The van der Waals surface area contributed by atoms with Gasteiger partial charge < -0.3 is 10.4 Å². The van der Waals surface area contributed by atoms with E-state index in [4.69, 9.17) is 0 Å². The number of phenols is 1. The van der Waals surface area contributed by atoms with E-state index in [9.17, 15) is 9.90 Å². The lowest BCUT2D eigenvalue weighted by atomic mass is 10.1. The fourth-order valence-electron chi connectivity index (χ4n) is 1.24. The average molecular weight is 286 g/mol. The highest BCUT2D eigenvalue weighted by atomic mass is 79.9. The van der Waals surface area contributed by atoms with Crippen molar-refractivity contribution in [1.29, 1.82) is 0 Å². The summed E-state index contributed by atoms with van der Waals surface area (Å²) in [5.74, 6) is 0.522. The lowest BCUT2D eigenvalue weighted by Gasteiger charge is -2.09. The van der Waals surface area contributed by atoms with Crippen molar-refractivity contribution in [3.63, 3.8) is 0 Å². The Labute approximate surface area is 104 Å². The number of rotatable bonds is 5.